The summed E-state index contributed by atoms with van der Waals surface area (Å²) in [6.07, 6.45) is 2.05. The summed E-state index contributed by atoms with van der Waals surface area (Å²) in [6, 6.07) is 4.66. The first-order valence-corrected chi connectivity index (χ1v) is 8.46. The lowest BCUT2D eigenvalue weighted by Gasteiger charge is -2.28. The van der Waals surface area contributed by atoms with E-state index in [1.807, 2.05) is 0 Å². The van der Waals surface area contributed by atoms with Gasteiger partial charge in [0.25, 0.3) is 0 Å². The van der Waals surface area contributed by atoms with Gasteiger partial charge in [-0.2, -0.15) is 0 Å². The van der Waals surface area contributed by atoms with Crippen LogP contribution >= 0.6 is 0 Å². The van der Waals surface area contributed by atoms with Crippen LogP contribution in [0.5, 0.6) is 5.75 Å². The summed E-state index contributed by atoms with van der Waals surface area (Å²) >= 11 is 0. The number of morpholine rings is 1. The van der Waals surface area contributed by atoms with Crippen LogP contribution in [0.15, 0.2) is 12.1 Å². The zero-order chi connectivity index (χ0) is 16.2. The van der Waals surface area contributed by atoms with Crippen LogP contribution in [0, 0.1) is 0 Å². The summed E-state index contributed by atoms with van der Waals surface area (Å²) in [4.78, 5) is 2.48. The third kappa shape index (κ3) is 4.23. The molecular weight excluding hydrogens is 274 g/mol. The Hall–Kier alpha value is -1.06. The maximum absolute atomic E-state index is 5.73. The topological polar surface area (TPSA) is 21.7 Å². The van der Waals surface area contributed by atoms with E-state index in [2.05, 4.69) is 44.7 Å². The number of benzene rings is 1. The van der Waals surface area contributed by atoms with Gasteiger partial charge < -0.3 is 9.47 Å². The zero-order valence-corrected chi connectivity index (χ0v) is 14.9. The fraction of sp³-hybridized carbons (Fsp3) is 0.684. The molecule has 1 aromatic rings. The second-order valence-corrected chi connectivity index (χ2v) is 7.14. The van der Waals surface area contributed by atoms with Crippen molar-refractivity contribution in [2.45, 2.75) is 46.0 Å². The van der Waals surface area contributed by atoms with Crippen molar-refractivity contribution in [3.63, 3.8) is 0 Å². The van der Waals surface area contributed by atoms with E-state index in [4.69, 9.17) is 9.47 Å². The molecule has 3 heteroatoms. The molecule has 0 aromatic heterocycles. The highest BCUT2D eigenvalue weighted by atomic mass is 16.5. The van der Waals surface area contributed by atoms with E-state index >= 15 is 0 Å². The molecule has 22 heavy (non-hydrogen) atoms. The third-order valence-corrected chi connectivity index (χ3v) is 4.49. The van der Waals surface area contributed by atoms with Crippen LogP contribution in [0.1, 0.15) is 44.4 Å². The van der Waals surface area contributed by atoms with Gasteiger partial charge in [0.1, 0.15) is 5.75 Å². The smallest absolute Gasteiger partial charge is 0.125 e. The molecule has 0 amide bonds. The van der Waals surface area contributed by atoms with Crippen molar-refractivity contribution in [1.82, 2.24) is 4.90 Å². The predicted octanol–water partition coefficient (Wildman–Crippen LogP) is 3.43. The Labute approximate surface area is 135 Å². The molecule has 124 valence electrons. The fourth-order valence-corrected chi connectivity index (χ4v) is 3.00. The molecule has 0 N–H and O–H groups in total. The Kier molecular flexibility index (Phi) is 5.87. The first-order chi connectivity index (χ1) is 10.5. The second-order valence-electron chi connectivity index (χ2n) is 7.14. The van der Waals surface area contributed by atoms with Gasteiger partial charge in [-0.25, -0.2) is 0 Å². The molecule has 0 aliphatic carbocycles. The Morgan fingerprint density at radius 2 is 1.77 bits per heavy atom. The molecule has 1 aromatic carbocycles. The first kappa shape index (κ1) is 17.3. The van der Waals surface area contributed by atoms with E-state index in [1.54, 1.807) is 7.11 Å². The highest BCUT2D eigenvalue weighted by molar-refractivity contribution is 5.47. The Morgan fingerprint density at radius 3 is 2.32 bits per heavy atom. The van der Waals surface area contributed by atoms with Gasteiger partial charge in [-0.15, -0.1) is 0 Å². The largest absolute Gasteiger partial charge is 0.496 e. The van der Waals surface area contributed by atoms with E-state index in [0.717, 1.165) is 51.4 Å². The van der Waals surface area contributed by atoms with E-state index in [1.165, 1.54) is 16.7 Å². The Bertz CT molecular complexity index is 485. The van der Waals surface area contributed by atoms with Gasteiger partial charge in [-0.05, 0) is 34.9 Å². The summed E-state index contributed by atoms with van der Waals surface area (Å²) in [5.41, 5.74) is 4.25. The molecular formula is C19H31NO2. The summed E-state index contributed by atoms with van der Waals surface area (Å²) < 4.78 is 11.2. The number of hydrogen-bond donors (Lipinski definition) is 0. The average molecular weight is 305 g/mol. The molecule has 1 aliphatic heterocycles. The monoisotopic (exact) mass is 305 g/mol. The molecule has 0 radical (unpaired) electrons. The molecule has 3 nitrogen and oxygen atoms in total. The van der Waals surface area contributed by atoms with Crippen molar-refractivity contribution in [2.75, 3.05) is 40.0 Å². The van der Waals surface area contributed by atoms with E-state index in [9.17, 15) is 0 Å². The molecule has 0 unspecified atom stereocenters. The summed E-state index contributed by atoms with van der Waals surface area (Å²) in [6.45, 7) is 13.9. The first-order valence-electron chi connectivity index (χ1n) is 8.46. The summed E-state index contributed by atoms with van der Waals surface area (Å²) in [5.74, 6) is 1.09. The fourth-order valence-electron chi connectivity index (χ4n) is 3.00. The SMILES string of the molecule is CCc1cc(C(C)(C)C)cc(CCN2CCOCC2)c1OC. The van der Waals surface area contributed by atoms with E-state index in [0.29, 0.717) is 0 Å². The van der Waals surface area contributed by atoms with Gasteiger partial charge in [0.15, 0.2) is 0 Å². The van der Waals surface area contributed by atoms with Gasteiger partial charge in [0.05, 0.1) is 20.3 Å². The number of ether oxygens (including phenoxy) is 2. The number of aryl methyl sites for hydroxylation is 1. The molecule has 2 rings (SSSR count). The Morgan fingerprint density at radius 1 is 1.14 bits per heavy atom. The van der Waals surface area contributed by atoms with Crippen LogP contribution in [0.4, 0.5) is 0 Å². The van der Waals surface area contributed by atoms with Crippen molar-refractivity contribution in [3.8, 4) is 5.75 Å². The molecule has 1 fully saturated rings. The maximum Gasteiger partial charge on any atom is 0.125 e. The lowest BCUT2D eigenvalue weighted by Crippen LogP contribution is -2.37. The van der Waals surface area contributed by atoms with Crippen molar-refractivity contribution in [2.24, 2.45) is 0 Å². The maximum atomic E-state index is 5.73. The van der Waals surface area contributed by atoms with Gasteiger partial charge in [0.2, 0.25) is 0 Å². The van der Waals surface area contributed by atoms with Gasteiger partial charge in [0, 0.05) is 19.6 Å². The van der Waals surface area contributed by atoms with Crippen LogP contribution in [-0.4, -0.2) is 44.9 Å². The standard InChI is InChI=1S/C19H31NO2/c1-6-15-13-17(19(2,3)4)14-16(18(15)21-5)7-8-20-9-11-22-12-10-20/h13-14H,6-12H2,1-5H3. The molecule has 0 saturated carbocycles. The van der Waals surface area contributed by atoms with Crippen molar-refractivity contribution in [1.29, 1.82) is 0 Å². The minimum atomic E-state index is 0.171. The second kappa shape index (κ2) is 7.47. The molecule has 1 saturated heterocycles. The number of hydrogen-bond acceptors (Lipinski definition) is 3. The van der Waals surface area contributed by atoms with Crippen molar-refractivity contribution >= 4 is 0 Å². The van der Waals surface area contributed by atoms with E-state index < -0.39 is 0 Å². The number of nitrogens with zero attached hydrogens (tertiary/aromatic N) is 1. The van der Waals surface area contributed by atoms with Crippen LogP contribution in [0.2, 0.25) is 0 Å². The summed E-state index contributed by atoms with van der Waals surface area (Å²) in [7, 11) is 1.80. The van der Waals surface area contributed by atoms with Gasteiger partial charge in [-0.1, -0.05) is 39.8 Å². The highest BCUT2D eigenvalue weighted by Crippen LogP contribution is 2.32. The minimum Gasteiger partial charge on any atom is -0.496 e. The predicted molar refractivity (Wildman–Crippen MR) is 92.0 cm³/mol. The lowest BCUT2D eigenvalue weighted by molar-refractivity contribution is 0.0384. The van der Waals surface area contributed by atoms with Crippen LogP contribution in [0.25, 0.3) is 0 Å². The van der Waals surface area contributed by atoms with Crippen LogP contribution < -0.4 is 4.74 Å². The van der Waals surface area contributed by atoms with Crippen molar-refractivity contribution < 1.29 is 9.47 Å². The molecule has 1 heterocycles. The minimum absolute atomic E-state index is 0.171. The van der Waals surface area contributed by atoms with E-state index in [-0.39, 0.29) is 5.41 Å². The van der Waals surface area contributed by atoms with Crippen LogP contribution in [0.3, 0.4) is 0 Å². The molecule has 1 aliphatic rings. The van der Waals surface area contributed by atoms with Gasteiger partial charge in [-0.3, -0.25) is 4.90 Å². The third-order valence-electron chi connectivity index (χ3n) is 4.49. The van der Waals surface area contributed by atoms with Crippen LogP contribution in [-0.2, 0) is 23.0 Å². The molecule has 0 bridgehead atoms. The van der Waals surface area contributed by atoms with Gasteiger partial charge >= 0.3 is 0 Å². The lowest BCUT2D eigenvalue weighted by atomic mass is 9.84. The Balaban J connectivity index is 2.22. The normalized spacial score (nSPS) is 16.8. The van der Waals surface area contributed by atoms with Crippen molar-refractivity contribution in [3.05, 3.63) is 28.8 Å². The quantitative estimate of drug-likeness (QED) is 0.832. The zero-order valence-electron chi connectivity index (χ0n) is 14.9. The number of rotatable bonds is 5. The molecule has 0 atom stereocenters. The number of methoxy groups -OCH3 is 1. The average Bonchev–Trinajstić information content (AvgIpc) is 2.51. The summed E-state index contributed by atoms with van der Waals surface area (Å²) in [5, 5.41) is 0. The molecule has 0 spiro atoms. The highest BCUT2D eigenvalue weighted by Gasteiger charge is 2.19.